The Morgan fingerprint density at radius 3 is 2.57 bits per heavy atom. The highest BCUT2D eigenvalue weighted by Gasteiger charge is 2.19. The van der Waals surface area contributed by atoms with Gasteiger partial charge in [0.05, 0.1) is 11.4 Å². The molecule has 2 N–H and O–H groups in total. The molecular formula is C17H23N5O4S2. The molecule has 28 heavy (non-hydrogen) atoms. The molecule has 2 aromatic rings. The topological polar surface area (TPSA) is 121 Å². The molecular weight excluding hydrogens is 402 g/mol. The summed E-state index contributed by atoms with van der Waals surface area (Å²) in [6.45, 7) is 3.85. The van der Waals surface area contributed by atoms with Gasteiger partial charge in [-0.25, -0.2) is 12.7 Å². The maximum Gasteiger partial charge on any atom is 0.251 e. The van der Waals surface area contributed by atoms with E-state index in [-0.39, 0.29) is 17.0 Å². The van der Waals surface area contributed by atoms with Crippen LogP contribution in [0.3, 0.4) is 0 Å². The van der Waals surface area contributed by atoms with Gasteiger partial charge >= 0.3 is 0 Å². The molecule has 0 aliphatic rings. The average Bonchev–Trinajstić information content (AvgIpc) is 3.05. The zero-order valence-electron chi connectivity index (χ0n) is 16.1. The third kappa shape index (κ3) is 5.81. The molecule has 2 amide bonds. The van der Waals surface area contributed by atoms with Crippen molar-refractivity contribution < 1.29 is 18.0 Å². The maximum absolute atomic E-state index is 12.3. The number of benzene rings is 1. The van der Waals surface area contributed by atoms with Gasteiger partial charge in [-0.3, -0.25) is 14.9 Å². The summed E-state index contributed by atoms with van der Waals surface area (Å²) in [6.07, 6.45) is 0.774. The molecule has 0 aliphatic heterocycles. The second kappa shape index (κ2) is 9.22. The molecule has 1 aromatic carbocycles. The van der Waals surface area contributed by atoms with E-state index in [1.807, 2.05) is 0 Å². The van der Waals surface area contributed by atoms with Crippen LogP contribution in [0.5, 0.6) is 0 Å². The van der Waals surface area contributed by atoms with Crippen molar-refractivity contribution in [2.45, 2.75) is 25.2 Å². The Labute approximate surface area is 168 Å². The Balaban J connectivity index is 1.95. The molecule has 0 fully saturated rings. The monoisotopic (exact) mass is 425 g/mol. The molecule has 0 spiro atoms. The summed E-state index contributed by atoms with van der Waals surface area (Å²) in [7, 11) is -0.833. The van der Waals surface area contributed by atoms with E-state index < -0.39 is 21.8 Å². The van der Waals surface area contributed by atoms with E-state index in [1.54, 1.807) is 0 Å². The smallest absolute Gasteiger partial charge is 0.251 e. The summed E-state index contributed by atoms with van der Waals surface area (Å²) >= 11 is 1.29. The lowest BCUT2D eigenvalue weighted by Crippen LogP contribution is -2.33. The van der Waals surface area contributed by atoms with Crippen LogP contribution in [-0.4, -0.2) is 55.4 Å². The quantitative estimate of drug-likeness (QED) is 0.659. The van der Waals surface area contributed by atoms with E-state index in [9.17, 15) is 18.0 Å². The fourth-order valence-corrected chi connectivity index (χ4v) is 4.09. The Morgan fingerprint density at radius 1 is 1.21 bits per heavy atom. The summed E-state index contributed by atoms with van der Waals surface area (Å²) in [6, 6.07) is 5.63. The predicted octanol–water partition coefficient (Wildman–Crippen LogP) is 1.36. The molecule has 0 saturated heterocycles. The lowest BCUT2D eigenvalue weighted by atomic mass is 10.1. The van der Waals surface area contributed by atoms with Crippen molar-refractivity contribution in [1.29, 1.82) is 0 Å². The Kier molecular flexibility index (Phi) is 7.22. The average molecular weight is 426 g/mol. The first-order valence-electron chi connectivity index (χ1n) is 8.52. The number of carbonyl (C=O) groups excluding carboxylic acids is 2. The molecule has 0 unspecified atom stereocenters. The van der Waals surface area contributed by atoms with E-state index in [0.29, 0.717) is 11.0 Å². The van der Waals surface area contributed by atoms with Crippen molar-refractivity contribution in [3.63, 3.8) is 0 Å². The van der Waals surface area contributed by atoms with E-state index in [2.05, 4.69) is 34.7 Å². The van der Waals surface area contributed by atoms with Crippen LogP contribution in [0.1, 0.15) is 29.2 Å². The molecule has 0 atom stereocenters. The number of aromatic nitrogens is 2. The van der Waals surface area contributed by atoms with Gasteiger partial charge in [0.2, 0.25) is 21.1 Å². The van der Waals surface area contributed by atoms with Gasteiger partial charge in [0.25, 0.3) is 5.91 Å². The summed E-state index contributed by atoms with van der Waals surface area (Å²) < 4.78 is 25.4. The second-order valence-corrected chi connectivity index (χ2v) is 9.86. The number of hydrogen-bond acceptors (Lipinski definition) is 7. The van der Waals surface area contributed by atoms with E-state index in [4.69, 9.17) is 0 Å². The van der Waals surface area contributed by atoms with E-state index in [0.717, 1.165) is 15.7 Å². The van der Waals surface area contributed by atoms with Crippen molar-refractivity contribution in [1.82, 2.24) is 19.8 Å². The number of nitrogens with zero attached hydrogens (tertiary/aromatic N) is 3. The first-order chi connectivity index (χ1) is 13.1. The summed E-state index contributed by atoms with van der Waals surface area (Å²) in [5, 5.41) is 14.1. The summed E-state index contributed by atoms with van der Waals surface area (Å²) in [4.78, 5) is 24.3. The van der Waals surface area contributed by atoms with Crippen LogP contribution in [-0.2, 0) is 21.2 Å². The first kappa shape index (κ1) is 21.9. The van der Waals surface area contributed by atoms with Gasteiger partial charge in [0.1, 0.15) is 5.01 Å². The number of rotatable bonds is 8. The number of sulfonamides is 1. The summed E-state index contributed by atoms with van der Waals surface area (Å²) in [5.41, 5.74) is 0.144. The molecule has 0 radical (unpaired) electrons. The fraction of sp³-hybridized carbons (Fsp3) is 0.412. The van der Waals surface area contributed by atoms with Gasteiger partial charge in [-0.05, 0) is 24.1 Å². The van der Waals surface area contributed by atoms with E-state index >= 15 is 0 Å². The van der Waals surface area contributed by atoms with E-state index in [1.165, 1.54) is 49.7 Å². The van der Waals surface area contributed by atoms with Gasteiger partial charge in [0, 0.05) is 26.1 Å². The standard InChI is InChI=1S/C17H23N5O4S2/c1-11(2)8-15-20-21-17(27-15)19-14(23)10-18-16(24)12-6-5-7-13(9-12)28(25,26)22(3)4/h5-7,9,11H,8,10H2,1-4H3,(H,18,24)(H,19,21,23). The molecule has 0 aliphatic carbocycles. The van der Waals surface area contributed by atoms with Gasteiger partial charge in [-0.15, -0.1) is 10.2 Å². The van der Waals surface area contributed by atoms with Crippen molar-refractivity contribution >= 4 is 38.3 Å². The molecule has 9 nitrogen and oxygen atoms in total. The first-order valence-corrected chi connectivity index (χ1v) is 10.8. The molecule has 2 rings (SSSR count). The fourth-order valence-electron chi connectivity index (χ4n) is 2.17. The van der Waals surface area contributed by atoms with Crippen molar-refractivity contribution in [2.75, 3.05) is 26.0 Å². The van der Waals surface area contributed by atoms with Gasteiger partial charge < -0.3 is 5.32 Å². The molecule has 11 heteroatoms. The van der Waals surface area contributed by atoms with Crippen LogP contribution < -0.4 is 10.6 Å². The third-order valence-corrected chi connectivity index (χ3v) is 6.25. The van der Waals surface area contributed by atoms with Crippen LogP contribution in [0.15, 0.2) is 29.2 Å². The number of hydrogen-bond donors (Lipinski definition) is 2. The zero-order valence-corrected chi connectivity index (χ0v) is 17.7. The lowest BCUT2D eigenvalue weighted by Gasteiger charge is -2.12. The minimum Gasteiger partial charge on any atom is -0.343 e. The van der Waals surface area contributed by atoms with Crippen molar-refractivity contribution in [3.05, 3.63) is 34.8 Å². The van der Waals surface area contributed by atoms with Gasteiger partial charge in [-0.1, -0.05) is 31.3 Å². The maximum atomic E-state index is 12.3. The highest BCUT2D eigenvalue weighted by Crippen LogP contribution is 2.18. The number of anilines is 1. The normalized spacial score (nSPS) is 11.6. The number of carbonyl (C=O) groups is 2. The minimum absolute atomic E-state index is 0.00106. The zero-order chi connectivity index (χ0) is 20.9. The van der Waals surface area contributed by atoms with Crippen LogP contribution in [0.25, 0.3) is 0 Å². The highest BCUT2D eigenvalue weighted by molar-refractivity contribution is 7.89. The summed E-state index contributed by atoms with van der Waals surface area (Å²) in [5.74, 6) is -0.566. The van der Waals surface area contributed by atoms with Gasteiger partial charge in [-0.2, -0.15) is 0 Å². The van der Waals surface area contributed by atoms with Crippen LogP contribution in [0, 0.1) is 5.92 Å². The van der Waals surface area contributed by atoms with Crippen LogP contribution in [0.2, 0.25) is 0 Å². The van der Waals surface area contributed by atoms with Gasteiger partial charge in [0.15, 0.2) is 0 Å². The largest absolute Gasteiger partial charge is 0.343 e. The number of nitrogens with one attached hydrogen (secondary N) is 2. The second-order valence-electron chi connectivity index (χ2n) is 6.65. The molecule has 1 aromatic heterocycles. The Hall–Kier alpha value is -2.37. The predicted molar refractivity (Wildman–Crippen MR) is 107 cm³/mol. The Bertz CT molecular complexity index is 954. The Morgan fingerprint density at radius 2 is 1.93 bits per heavy atom. The third-order valence-electron chi connectivity index (χ3n) is 3.58. The van der Waals surface area contributed by atoms with Crippen LogP contribution >= 0.6 is 11.3 Å². The highest BCUT2D eigenvalue weighted by atomic mass is 32.2. The molecule has 1 heterocycles. The molecule has 152 valence electrons. The SMILES string of the molecule is CC(C)Cc1nnc(NC(=O)CNC(=O)c2cccc(S(=O)(=O)N(C)C)c2)s1. The molecule has 0 bridgehead atoms. The minimum atomic E-state index is -3.65. The lowest BCUT2D eigenvalue weighted by molar-refractivity contribution is -0.115. The molecule has 0 saturated carbocycles. The van der Waals surface area contributed by atoms with Crippen LogP contribution in [0.4, 0.5) is 5.13 Å². The van der Waals surface area contributed by atoms with Crippen molar-refractivity contribution in [3.8, 4) is 0 Å². The van der Waals surface area contributed by atoms with Crippen molar-refractivity contribution in [2.24, 2.45) is 5.92 Å². The number of amides is 2.